The lowest BCUT2D eigenvalue weighted by Crippen LogP contribution is -2.39. The van der Waals surface area contributed by atoms with Crippen LogP contribution in [0.1, 0.15) is 39.2 Å². The van der Waals surface area contributed by atoms with E-state index in [1.807, 2.05) is 30.3 Å². The Kier molecular flexibility index (Phi) is 7.60. The average molecular weight is 369 g/mol. The van der Waals surface area contributed by atoms with Gasteiger partial charge in [0.15, 0.2) is 5.78 Å². The molecule has 0 N–H and O–H groups in total. The highest BCUT2D eigenvalue weighted by Gasteiger charge is 2.24. The van der Waals surface area contributed by atoms with Crippen LogP contribution in [0, 0.1) is 0 Å². The van der Waals surface area contributed by atoms with Gasteiger partial charge in [0.05, 0.1) is 12.3 Å². The van der Waals surface area contributed by atoms with E-state index in [0.29, 0.717) is 0 Å². The Bertz CT molecular complexity index is 677. The Balaban J connectivity index is 2.73. The van der Waals surface area contributed by atoms with Crippen LogP contribution in [-0.2, 0) is 25.9 Å². The molecule has 6 nitrogen and oxygen atoms in total. The maximum Gasteiger partial charge on any atom is 0.410 e. The lowest BCUT2D eigenvalue weighted by Gasteiger charge is -2.27. The minimum Gasteiger partial charge on any atom is -0.444 e. The molecule has 0 radical (unpaired) electrons. The summed E-state index contributed by atoms with van der Waals surface area (Å²) in [5, 5.41) is 0. The van der Waals surface area contributed by atoms with Crippen LogP contribution in [0.3, 0.4) is 0 Å². The SMILES string of the molecule is CC(C)(C)OC(=O)N(CC(=O)CCCS(C)(=O)=O)Cc1ccccc1. The Labute approximate surface area is 150 Å². The highest BCUT2D eigenvalue weighted by molar-refractivity contribution is 7.90. The monoisotopic (exact) mass is 369 g/mol. The molecule has 1 aromatic rings. The molecule has 0 atom stereocenters. The van der Waals surface area contributed by atoms with Gasteiger partial charge in [0, 0.05) is 19.2 Å². The summed E-state index contributed by atoms with van der Waals surface area (Å²) in [5.41, 5.74) is 0.225. The van der Waals surface area contributed by atoms with E-state index < -0.39 is 21.5 Å². The van der Waals surface area contributed by atoms with Crippen LogP contribution in [-0.4, -0.2) is 49.3 Å². The number of benzene rings is 1. The summed E-state index contributed by atoms with van der Waals surface area (Å²) in [6, 6.07) is 9.32. The van der Waals surface area contributed by atoms with Gasteiger partial charge in [-0.3, -0.25) is 9.69 Å². The average Bonchev–Trinajstić information content (AvgIpc) is 2.44. The van der Waals surface area contributed by atoms with E-state index in [0.717, 1.165) is 11.8 Å². The van der Waals surface area contributed by atoms with Crippen molar-refractivity contribution in [3.63, 3.8) is 0 Å². The zero-order chi connectivity index (χ0) is 19.1. The number of hydrogen-bond donors (Lipinski definition) is 0. The maximum absolute atomic E-state index is 12.4. The summed E-state index contributed by atoms with van der Waals surface area (Å²) in [4.78, 5) is 25.9. The van der Waals surface area contributed by atoms with E-state index in [4.69, 9.17) is 4.74 Å². The van der Waals surface area contributed by atoms with Crippen molar-refractivity contribution in [1.82, 2.24) is 4.90 Å². The standard InChI is InChI=1S/C18H27NO5S/c1-18(2,3)24-17(21)19(13-15-9-6-5-7-10-15)14-16(20)11-8-12-25(4,22)23/h5-7,9-10H,8,11-14H2,1-4H3. The van der Waals surface area contributed by atoms with Crippen LogP contribution >= 0.6 is 0 Å². The number of hydrogen-bond acceptors (Lipinski definition) is 5. The Morgan fingerprint density at radius 1 is 1.12 bits per heavy atom. The number of nitrogens with zero attached hydrogens (tertiary/aromatic N) is 1. The number of carbonyl (C=O) groups is 2. The van der Waals surface area contributed by atoms with Crippen molar-refractivity contribution in [2.24, 2.45) is 0 Å². The van der Waals surface area contributed by atoms with Crippen molar-refractivity contribution in [2.45, 2.75) is 45.8 Å². The van der Waals surface area contributed by atoms with Gasteiger partial charge in [-0.2, -0.15) is 0 Å². The fourth-order valence-corrected chi connectivity index (χ4v) is 2.81. The van der Waals surface area contributed by atoms with Gasteiger partial charge < -0.3 is 4.74 Å². The topological polar surface area (TPSA) is 80.8 Å². The molecule has 0 saturated carbocycles. The number of Topliss-reactive ketones (excluding diaryl/α,β-unsaturated/α-hetero) is 1. The molecule has 0 spiro atoms. The predicted octanol–water partition coefficient (Wildman–Crippen LogP) is 2.82. The summed E-state index contributed by atoms with van der Waals surface area (Å²) in [5.74, 6) is -0.227. The molecular formula is C18H27NO5S. The van der Waals surface area contributed by atoms with Crippen LogP contribution in [0.2, 0.25) is 0 Å². The molecule has 0 heterocycles. The van der Waals surface area contributed by atoms with Gasteiger partial charge >= 0.3 is 6.09 Å². The molecule has 140 valence electrons. The second-order valence-electron chi connectivity index (χ2n) is 7.09. The quantitative estimate of drug-likeness (QED) is 0.704. The molecule has 1 aromatic carbocycles. The van der Waals surface area contributed by atoms with Crippen molar-refractivity contribution in [3.05, 3.63) is 35.9 Å². The Morgan fingerprint density at radius 3 is 2.24 bits per heavy atom. The van der Waals surface area contributed by atoms with Gasteiger partial charge in [-0.1, -0.05) is 30.3 Å². The molecule has 0 aromatic heterocycles. The first-order valence-electron chi connectivity index (χ1n) is 8.17. The number of sulfone groups is 1. The Morgan fingerprint density at radius 2 is 1.72 bits per heavy atom. The third-order valence-corrected chi connectivity index (χ3v) is 4.24. The Hall–Kier alpha value is -1.89. The number of ketones is 1. The molecule has 7 heteroatoms. The maximum atomic E-state index is 12.4. The predicted molar refractivity (Wildman–Crippen MR) is 97.0 cm³/mol. The summed E-state index contributed by atoms with van der Waals surface area (Å²) < 4.78 is 27.7. The molecule has 0 unspecified atom stereocenters. The number of rotatable bonds is 8. The summed E-state index contributed by atoms with van der Waals surface area (Å²) in [6.45, 7) is 5.44. The number of carbonyl (C=O) groups excluding carboxylic acids is 2. The van der Waals surface area contributed by atoms with Crippen LogP contribution in [0.4, 0.5) is 4.79 Å². The molecule has 0 fully saturated rings. The molecule has 1 amide bonds. The summed E-state index contributed by atoms with van der Waals surface area (Å²) in [6.07, 6.45) is 0.944. The molecular weight excluding hydrogens is 342 g/mol. The van der Waals surface area contributed by atoms with Crippen molar-refractivity contribution in [3.8, 4) is 0 Å². The zero-order valence-electron chi connectivity index (χ0n) is 15.3. The fraction of sp³-hybridized carbons (Fsp3) is 0.556. The first-order chi connectivity index (χ1) is 11.5. The number of amides is 1. The third kappa shape index (κ3) is 9.86. The van der Waals surface area contributed by atoms with Crippen LogP contribution in [0.15, 0.2) is 30.3 Å². The van der Waals surface area contributed by atoms with E-state index >= 15 is 0 Å². The fourth-order valence-electron chi connectivity index (χ4n) is 2.14. The normalized spacial score (nSPS) is 11.8. The van der Waals surface area contributed by atoms with E-state index in [1.165, 1.54) is 4.90 Å². The van der Waals surface area contributed by atoms with E-state index in [2.05, 4.69) is 0 Å². The molecule has 25 heavy (non-hydrogen) atoms. The zero-order valence-corrected chi connectivity index (χ0v) is 16.1. The lowest BCUT2D eigenvalue weighted by molar-refractivity contribution is -0.120. The second kappa shape index (κ2) is 8.99. The van der Waals surface area contributed by atoms with Crippen molar-refractivity contribution in [1.29, 1.82) is 0 Å². The van der Waals surface area contributed by atoms with Gasteiger partial charge in [-0.15, -0.1) is 0 Å². The minimum atomic E-state index is -3.09. The molecule has 1 rings (SSSR count). The van der Waals surface area contributed by atoms with Gasteiger partial charge in [-0.05, 0) is 32.8 Å². The van der Waals surface area contributed by atoms with Gasteiger partial charge in [0.2, 0.25) is 0 Å². The first kappa shape index (κ1) is 21.2. The van der Waals surface area contributed by atoms with Crippen LogP contribution in [0.25, 0.3) is 0 Å². The van der Waals surface area contributed by atoms with Crippen molar-refractivity contribution >= 4 is 21.7 Å². The van der Waals surface area contributed by atoms with E-state index in [1.54, 1.807) is 20.8 Å². The van der Waals surface area contributed by atoms with Crippen LogP contribution < -0.4 is 0 Å². The van der Waals surface area contributed by atoms with Crippen molar-refractivity contribution < 1.29 is 22.7 Å². The second-order valence-corrected chi connectivity index (χ2v) is 9.35. The lowest BCUT2D eigenvalue weighted by atomic mass is 10.2. The minimum absolute atomic E-state index is 0.0378. The number of ether oxygens (including phenoxy) is 1. The highest BCUT2D eigenvalue weighted by Crippen LogP contribution is 2.13. The summed E-state index contributed by atoms with van der Waals surface area (Å²) >= 11 is 0. The molecule has 0 aliphatic carbocycles. The highest BCUT2D eigenvalue weighted by atomic mass is 32.2. The molecule has 0 bridgehead atoms. The van der Waals surface area contributed by atoms with Gasteiger partial charge in [-0.25, -0.2) is 13.2 Å². The smallest absolute Gasteiger partial charge is 0.410 e. The van der Waals surface area contributed by atoms with Gasteiger partial charge in [0.25, 0.3) is 0 Å². The largest absolute Gasteiger partial charge is 0.444 e. The molecule has 0 aliphatic heterocycles. The summed E-state index contributed by atoms with van der Waals surface area (Å²) in [7, 11) is -3.09. The van der Waals surface area contributed by atoms with E-state index in [-0.39, 0.29) is 37.5 Å². The first-order valence-corrected chi connectivity index (χ1v) is 10.2. The third-order valence-electron chi connectivity index (χ3n) is 3.21. The molecule has 0 saturated heterocycles. The van der Waals surface area contributed by atoms with Crippen LogP contribution in [0.5, 0.6) is 0 Å². The van der Waals surface area contributed by atoms with Gasteiger partial charge in [0.1, 0.15) is 15.4 Å². The molecule has 0 aliphatic rings. The van der Waals surface area contributed by atoms with Crippen molar-refractivity contribution in [2.75, 3.05) is 18.6 Å². The van der Waals surface area contributed by atoms with E-state index in [9.17, 15) is 18.0 Å².